The predicted molar refractivity (Wildman–Crippen MR) is 81.2 cm³/mol. The van der Waals surface area contributed by atoms with Crippen molar-refractivity contribution in [3.05, 3.63) is 70.5 Å². The summed E-state index contributed by atoms with van der Waals surface area (Å²) in [6.45, 7) is 0. The maximum absolute atomic E-state index is 13.9. The molecule has 0 fully saturated rings. The van der Waals surface area contributed by atoms with Crippen molar-refractivity contribution in [1.29, 1.82) is 0 Å². The number of aliphatic carboxylic acids is 1. The Morgan fingerprint density at radius 3 is 2.48 bits per heavy atom. The summed E-state index contributed by atoms with van der Waals surface area (Å²) < 4.78 is 13.9. The molecule has 0 aliphatic heterocycles. The molecule has 2 rings (SSSR count). The largest absolute Gasteiger partial charge is 0.481 e. The van der Waals surface area contributed by atoms with Crippen LogP contribution in [0.5, 0.6) is 0 Å². The van der Waals surface area contributed by atoms with Gasteiger partial charge in [0.05, 0.1) is 5.92 Å². The van der Waals surface area contributed by atoms with Gasteiger partial charge < -0.3 is 5.11 Å². The second-order valence-corrected chi connectivity index (χ2v) is 5.31. The second kappa shape index (κ2) is 7.23. The molecule has 0 amide bonds. The van der Waals surface area contributed by atoms with Gasteiger partial charge in [0, 0.05) is 10.6 Å². The summed E-state index contributed by atoms with van der Waals surface area (Å²) in [5.41, 5.74) is 1.22. The number of hydrogen-bond donors (Lipinski definition) is 1. The summed E-state index contributed by atoms with van der Waals surface area (Å²) >= 11 is 5.96. The highest BCUT2D eigenvalue weighted by Crippen LogP contribution is 2.31. The van der Waals surface area contributed by atoms with E-state index < -0.39 is 17.7 Å². The average molecular weight is 307 g/mol. The molecule has 0 spiro atoms. The van der Waals surface area contributed by atoms with E-state index in [9.17, 15) is 14.3 Å². The molecule has 0 bridgehead atoms. The Bertz CT molecular complexity index is 593. The van der Waals surface area contributed by atoms with Crippen LogP contribution in [0, 0.1) is 5.82 Å². The summed E-state index contributed by atoms with van der Waals surface area (Å²) in [5, 5.41) is 9.52. The molecule has 21 heavy (non-hydrogen) atoms. The van der Waals surface area contributed by atoms with Gasteiger partial charge in [-0.2, -0.15) is 0 Å². The van der Waals surface area contributed by atoms with E-state index in [4.69, 9.17) is 11.6 Å². The number of halogens is 2. The highest BCUT2D eigenvalue weighted by molar-refractivity contribution is 6.31. The van der Waals surface area contributed by atoms with Crippen LogP contribution in [-0.4, -0.2) is 11.1 Å². The lowest BCUT2D eigenvalue weighted by Crippen LogP contribution is -2.14. The zero-order valence-corrected chi connectivity index (χ0v) is 12.2. The first-order chi connectivity index (χ1) is 10.1. The van der Waals surface area contributed by atoms with Gasteiger partial charge in [0.25, 0.3) is 0 Å². The van der Waals surface area contributed by atoms with Crippen molar-refractivity contribution >= 4 is 17.6 Å². The van der Waals surface area contributed by atoms with E-state index in [1.54, 1.807) is 0 Å². The second-order valence-electron chi connectivity index (χ2n) is 4.90. The molecule has 2 aromatic rings. The van der Waals surface area contributed by atoms with E-state index >= 15 is 0 Å². The van der Waals surface area contributed by atoms with Crippen LogP contribution in [0.15, 0.2) is 48.5 Å². The van der Waals surface area contributed by atoms with E-state index in [0.717, 1.165) is 12.0 Å². The van der Waals surface area contributed by atoms with Gasteiger partial charge in [-0.3, -0.25) is 4.79 Å². The van der Waals surface area contributed by atoms with Crippen LogP contribution in [0.1, 0.15) is 29.9 Å². The third kappa shape index (κ3) is 4.05. The number of carbonyl (C=O) groups is 1. The third-order valence-corrected chi connectivity index (χ3v) is 3.78. The fraction of sp³-hybridized carbons (Fsp3) is 0.235. The Kier molecular flexibility index (Phi) is 5.34. The topological polar surface area (TPSA) is 37.3 Å². The molecule has 1 unspecified atom stereocenters. The summed E-state index contributed by atoms with van der Waals surface area (Å²) in [5.74, 6) is -2.52. The molecule has 0 saturated heterocycles. The van der Waals surface area contributed by atoms with Gasteiger partial charge in [0.1, 0.15) is 5.82 Å². The van der Waals surface area contributed by atoms with Crippen molar-refractivity contribution in [2.75, 3.05) is 0 Å². The van der Waals surface area contributed by atoms with Gasteiger partial charge in [-0.05, 0) is 37.0 Å². The van der Waals surface area contributed by atoms with Crippen LogP contribution in [0.25, 0.3) is 0 Å². The zero-order valence-electron chi connectivity index (χ0n) is 11.4. The molecule has 1 atom stereocenters. The number of carboxylic acids is 1. The van der Waals surface area contributed by atoms with Crippen LogP contribution >= 0.6 is 11.6 Å². The smallest absolute Gasteiger partial charge is 0.311 e. The predicted octanol–water partition coefficient (Wildman–Crippen LogP) is 4.67. The van der Waals surface area contributed by atoms with E-state index in [0.29, 0.717) is 12.8 Å². The van der Waals surface area contributed by atoms with Gasteiger partial charge >= 0.3 is 5.97 Å². The minimum Gasteiger partial charge on any atom is -0.481 e. The number of hydrogen-bond acceptors (Lipinski definition) is 1. The Labute approximate surface area is 128 Å². The standard InChI is InChI=1S/C17H16ClFO2/c18-14-10-5-11-15(19)16(14)13(17(20)21)9-4-8-12-6-2-1-3-7-12/h1-3,5-7,10-11,13H,4,8-9H2,(H,20,21). The van der Waals surface area contributed by atoms with Gasteiger partial charge in [-0.15, -0.1) is 0 Å². The Morgan fingerprint density at radius 1 is 1.14 bits per heavy atom. The van der Waals surface area contributed by atoms with E-state index in [2.05, 4.69) is 0 Å². The molecule has 1 N–H and O–H groups in total. The van der Waals surface area contributed by atoms with Crippen LogP contribution < -0.4 is 0 Å². The summed E-state index contributed by atoms with van der Waals surface area (Å²) in [4.78, 5) is 11.4. The normalized spacial score (nSPS) is 12.1. The third-order valence-electron chi connectivity index (χ3n) is 3.45. The lowest BCUT2D eigenvalue weighted by atomic mass is 9.92. The Balaban J connectivity index is 2.08. The van der Waals surface area contributed by atoms with Crippen molar-refractivity contribution in [2.45, 2.75) is 25.2 Å². The Hall–Kier alpha value is -1.87. The Morgan fingerprint density at radius 2 is 1.86 bits per heavy atom. The maximum atomic E-state index is 13.9. The summed E-state index contributed by atoms with van der Waals surface area (Å²) in [7, 11) is 0. The van der Waals surface area contributed by atoms with E-state index in [1.165, 1.54) is 18.2 Å². The SMILES string of the molecule is O=C(O)C(CCCc1ccccc1)c1c(F)cccc1Cl. The average Bonchev–Trinajstić information content (AvgIpc) is 2.46. The van der Waals surface area contributed by atoms with Gasteiger partial charge in [0.2, 0.25) is 0 Å². The van der Waals surface area contributed by atoms with Gasteiger partial charge in [0.15, 0.2) is 0 Å². The molecule has 4 heteroatoms. The molecule has 110 valence electrons. The molecular weight excluding hydrogens is 291 g/mol. The molecule has 0 aromatic heterocycles. The van der Waals surface area contributed by atoms with Gasteiger partial charge in [-0.25, -0.2) is 4.39 Å². The van der Waals surface area contributed by atoms with Crippen molar-refractivity contribution in [3.8, 4) is 0 Å². The quantitative estimate of drug-likeness (QED) is 0.842. The highest BCUT2D eigenvalue weighted by Gasteiger charge is 2.25. The number of carboxylic acid groups (broad SMARTS) is 1. The summed E-state index contributed by atoms with van der Waals surface area (Å²) in [6, 6.07) is 14.0. The lowest BCUT2D eigenvalue weighted by molar-refractivity contribution is -0.139. The number of aryl methyl sites for hydroxylation is 1. The first-order valence-electron chi connectivity index (χ1n) is 6.80. The van der Waals surface area contributed by atoms with Crippen molar-refractivity contribution in [3.63, 3.8) is 0 Å². The van der Waals surface area contributed by atoms with Crippen molar-refractivity contribution in [1.82, 2.24) is 0 Å². The maximum Gasteiger partial charge on any atom is 0.311 e. The van der Waals surface area contributed by atoms with Crippen LogP contribution in [0.3, 0.4) is 0 Å². The molecule has 2 nitrogen and oxygen atoms in total. The molecule has 0 heterocycles. The highest BCUT2D eigenvalue weighted by atomic mass is 35.5. The van der Waals surface area contributed by atoms with Crippen molar-refractivity contribution < 1.29 is 14.3 Å². The minimum absolute atomic E-state index is 0.0831. The van der Waals surface area contributed by atoms with E-state index in [-0.39, 0.29) is 10.6 Å². The molecule has 0 aliphatic rings. The molecule has 0 radical (unpaired) electrons. The minimum atomic E-state index is -1.05. The fourth-order valence-corrected chi connectivity index (χ4v) is 2.68. The first-order valence-corrected chi connectivity index (χ1v) is 7.18. The van der Waals surface area contributed by atoms with Gasteiger partial charge in [-0.1, -0.05) is 48.0 Å². The number of rotatable bonds is 6. The first kappa shape index (κ1) is 15.5. The lowest BCUT2D eigenvalue weighted by Gasteiger charge is -2.15. The molecule has 0 aliphatic carbocycles. The van der Waals surface area contributed by atoms with Crippen LogP contribution in [-0.2, 0) is 11.2 Å². The molecular formula is C17H16ClFO2. The zero-order chi connectivity index (χ0) is 15.2. The number of benzene rings is 2. The van der Waals surface area contributed by atoms with E-state index in [1.807, 2.05) is 30.3 Å². The fourth-order valence-electron chi connectivity index (χ4n) is 2.39. The monoisotopic (exact) mass is 306 g/mol. The molecule has 0 saturated carbocycles. The summed E-state index contributed by atoms with van der Waals surface area (Å²) in [6.07, 6.45) is 1.77. The van der Waals surface area contributed by atoms with Crippen molar-refractivity contribution in [2.24, 2.45) is 0 Å². The van der Waals surface area contributed by atoms with Crippen LogP contribution in [0.4, 0.5) is 4.39 Å². The molecule has 2 aromatic carbocycles. The van der Waals surface area contributed by atoms with Crippen LogP contribution in [0.2, 0.25) is 5.02 Å².